The van der Waals surface area contributed by atoms with E-state index in [0.717, 1.165) is 0 Å². The van der Waals surface area contributed by atoms with Crippen LogP contribution in [-0.2, 0) is 0 Å². The maximum Gasteiger partial charge on any atom is 0.0213 e. The van der Waals surface area contributed by atoms with Gasteiger partial charge < -0.3 is 0 Å². The Morgan fingerprint density at radius 2 is 2.33 bits per heavy atom. The van der Waals surface area contributed by atoms with Crippen LogP contribution in [0.5, 0.6) is 0 Å². The smallest absolute Gasteiger partial charge is 0.0213 e. The van der Waals surface area contributed by atoms with E-state index in [1.165, 1.54) is 0 Å². The molecule has 0 amide bonds. The number of hydrogen-bond acceptors (Lipinski definition) is 0. The molecule has 1 unspecified atom stereocenters. The van der Waals surface area contributed by atoms with Crippen LogP contribution in [0.25, 0.3) is 0 Å². The molecule has 0 N–H and O–H groups in total. The molecule has 0 bridgehead atoms. The molecule has 0 saturated carbocycles. The fourth-order valence-corrected chi connectivity index (χ4v) is 0.0833. The van der Waals surface area contributed by atoms with Crippen molar-refractivity contribution in [2.24, 2.45) is 5.92 Å². The van der Waals surface area contributed by atoms with Crippen LogP contribution in [0.15, 0.2) is 0 Å². The molecule has 0 saturated heterocycles. The quantitative estimate of drug-likeness (QED) is 0.418. The second-order valence-electron chi connectivity index (χ2n) is 1.27. The van der Waals surface area contributed by atoms with E-state index in [2.05, 4.69) is 5.92 Å². The van der Waals surface area contributed by atoms with Crippen molar-refractivity contribution in [3.05, 3.63) is 12.8 Å². The molecule has 0 aromatic rings. The van der Waals surface area contributed by atoms with Crippen LogP contribution in [0.2, 0.25) is 0 Å². The van der Waals surface area contributed by atoms with E-state index >= 15 is 0 Å². The summed E-state index contributed by atoms with van der Waals surface area (Å²) >= 11 is 0. The summed E-state index contributed by atoms with van der Waals surface area (Å²) in [5, 5.41) is 0. The van der Waals surface area contributed by atoms with Gasteiger partial charge in [-0.1, -0.05) is 19.8 Å². The lowest BCUT2D eigenvalue weighted by Gasteiger charge is -1.89. The predicted octanol–water partition coefficient (Wildman–Crippen LogP) is 1.44. The third-order valence-electron chi connectivity index (χ3n) is 0.728. The van der Waals surface area contributed by atoms with E-state index in [0.29, 0.717) is 0 Å². The van der Waals surface area contributed by atoms with Crippen molar-refractivity contribution in [1.82, 2.24) is 0 Å². The van der Waals surface area contributed by atoms with Gasteiger partial charge in [0.25, 0.3) is 0 Å². The fourth-order valence-electron chi connectivity index (χ4n) is 0.0833. The van der Waals surface area contributed by atoms with Crippen molar-refractivity contribution in [1.29, 1.82) is 0 Å². The molecule has 0 fully saturated rings. The van der Waals surface area contributed by atoms with Crippen LogP contribution in [0.1, 0.15) is 13.8 Å². The Kier molecular flexibility index (Phi) is 2.58. The molecule has 0 aliphatic carbocycles. The van der Waals surface area contributed by atoms with Gasteiger partial charge in [0.15, 0.2) is 0 Å². The molecule has 0 aliphatic heterocycles. The fraction of sp³-hybridized carbons (Fsp3) is 0.500. The molecular formula is C6H8. The Hall–Kier alpha value is -0.440. The highest BCUT2D eigenvalue weighted by Gasteiger charge is 1.85. The van der Waals surface area contributed by atoms with Gasteiger partial charge in [0.2, 0.25) is 0 Å². The van der Waals surface area contributed by atoms with E-state index in [1.807, 2.05) is 20.3 Å². The summed E-state index contributed by atoms with van der Waals surface area (Å²) in [4.78, 5) is 0. The zero-order chi connectivity index (χ0) is 4.99. The highest BCUT2D eigenvalue weighted by molar-refractivity contribution is 4.90. The van der Waals surface area contributed by atoms with E-state index in [-0.39, 0.29) is 5.92 Å². The van der Waals surface area contributed by atoms with Gasteiger partial charge in [-0.05, 0) is 12.8 Å². The van der Waals surface area contributed by atoms with Gasteiger partial charge in [-0.15, -0.1) is 0 Å². The van der Waals surface area contributed by atoms with E-state index in [4.69, 9.17) is 6.42 Å². The van der Waals surface area contributed by atoms with Crippen molar-refractivity contribution in [3.63, 3.8) is 0 Å². The zero-order valence-electron chi connectivity index (χ0n) is 4.15. The summed E-state index contributed by atoms with van der Waals surface area (Å²) < 4.78 is 0. The summed E-state index contributed by atoms with van der Waals surface area (Å²) in [6, 6.07) is 0. The molecule has 0 heterocycles. The normalized spacial score (nSPS) is 12.8. The van der Waals surface area contributed by atoms with Crippen molar-refractivity contribution in [3.8, 4) is 5.92 Å². The van der Waals surface area contributed by atoms with Crippen molar-refractivity contribution in [2.45, 2.75) is 13.8 Å². The van der Waals surface area contributed by atoms with Gasteiger partial charge in [0.1, 0.15) is 0 Å². The molecule has 0 aromatic carbocycles. The lowest BCUT2D eigenvalue weighted by atomic mass is 10.1. The largest absolute Gasteiger partial charge is 0.0857 e. The minimum Gasteiger partial charge on any atom is -0.0857 e. The first kappa shape index (κ1) is 5.56. The SMILES string of the molecule is [C]#CC(C)[CH]C. The molecule has 0 heteroatoms. The first-order valence-electron chi connectivity index (χ1n) is 2.03. The highest BCUT2D eigenvalue weighted by Crippen LogP contribution is 1.92. The summed E-state index contributed by atoms with van der Waals surface area (Å²) in [5.41, 5.74) is 0. The third kappa shape index (κ3) is 1.84. The van der Waals surface area contributed by atoms with E-state index in [9.17, 15) is 0 Å². The monoisotopic (exact) mass is 80.1 g/mol. The second kappa shape index (κ2) is 2.78. The molecule has 1 atom stereocenters. The third-order valence-corrected chi connectivity index (χ3v) is 0.728. The molecule has 0 nitrogen and oxygen atoms in total. The Morgan fingerprint density at radius 3 is 2.33 bits per heavy atom. The van der Waals surface area contributed by atoms with Gasteiger partial charge in [0, 0.05) is 5.92 Å². The first-order chi connectivity index (χ1) is 2.81. The average Bonchev–Trinajstić information content (AvgIpc) is 1.65. The summed E-state index contributed by atoms with van der Waals surface area (Å²) in [5.74, 6) is 2.54. The van der Waals surface area contributed by atoms with Crippen LogP contribution in [0.4, 0.5) is 0 Å². The van der Waals surface area contributed by atoms with Gasteiger partial charge in [-0.2, -0.15) is 0 Å². The Bertz CT molecular complexity index is 56.9. The molecule has 2 radical (unpaired) electrons. The summed E-state index contributed by atoms with van der Waals surface area (Å²) in [6.07, 6.45) is 8.45. The van der Waals surface area contributed by atoms with Crippen molar-refractivity contribution >= 4 is 0 Å². The average molecular weight is 80.1 g/mol. The lowest BCUT2D eigenvalue weighted by Crippen LogP contribution is -1.83. The predicted molar refractivity (Wildman–Crippen MR) is 26.3 cm³/mol. The highest BCUT2D eigenvalue weighted by atomic mass is 13.9. The maximum absolute atomic E-state index is 6.53. The molecule has 0 aliphatic rings. The molecule has 0 spiro atoms. The van der Waals surface area contributed by atoms with Gasteiger partial charge in [-0.25, -0.2) is 0 Å². The summed E-state index contributed by atoms with van der Waals surface area (Å²) in [6.45, 7) is 3.85. The minimum atomic E-state index is 0.227. The van der Waals surface area contributed by atoms with Crippen molar-refractivity contribution in [2.75, 3.05) is 0 Å². The topological polar surface area (TPSA) is 0 Å². The molecule has 32 valence electrons. The zero-order valence-corrected chi connectivity index (χ0v) is 4.15. The van der Waals surface area contributed by atoms with Crippen LogP contribution in [0.3, 0.4) is 0 Å². The van der Waals surface area contributed by atoms with Gasteiger partial charge in [-0.3, -0.25) is 0 Å². The van der Waals surface area contributed by atoms with Crippen LogP contribution < -0.4 is 0 Å². The minimum absolute atomic E-state index is 0.227. The summed E-state index contributed by atoms with van der Waals surface area (Å²) in [7, 11) is 0. The Labute approximate surface area is 39.6 Å². The molecule has 6 heavy (non-hydrogen) atoms. The molecule has 0 rings (SSSR count). The first-order valence-corrected chi connectivity index (χ1v) is 2.03. The van der Waals surface area contributed by atoms with Crippen LogP contribution in [0, 0.1) is 24.7 Å². The lowest BCUT2D eigenvalue weighted by molar-refractivity contribution is 0.889. The van der Waals surface area contributed by atoms with E-state index < -0.39 is 0 Å². The van der Waals surface area contributed by atoms with E-state index in [1.54, 1.807) is 0 Å². The molecule has 0 aromatic heterocycles. The molecular weight excluding hydrogens is 72.1 g/mol. The van der Waals surface area contributed by atoms with Crippen LogP contribution in [-0.4, -0.2) is 0 Å². The Balaban J connectivity index is 3.04. The van der Waals surface area contributed by atoms with Crippen molar-refractivity contribution < 1.29 is 0 Å². The standard InChI is InChI=1S/C6H8/c1-4-6(3)5-2/h4,6H,1,3H3. The maximum atomic E-state index is 6.53. The van der Waals surface area contributed by atoms with Gasteiger partial charge in [0.05, 0.1) is 0 Å². The van der Waals surface area contributed by atoms with Crippen LogP contribution >= 0.6 is 0 Å². The van der Waals surface area contributed by atoms with Gasteiger partial charge >= 0.3 is 0 Å². The number of rotatable bonds is 1. The second-order valence-corrected chi connectivity index (χ2v) is 1.27. The number of hydrogen-bond donors (Lipinski definition) is 0. The Morgan fingerprint density at radius 1 is 1.83 bits per heavy atom.